The number of sulfonamides is 1. The Bertz CT molecular complexity index is 967. The van der Waals surface area contributed by atoms with Crippen LogP contribution in [0.4, 0.5) is 0 Å². The van der Waals surface area contributed by atoms with Crippen molar-refractivity contribution in [1.82, 2.24) is 9.79 Å². The third-order valence-electron chi connectivity index (χ3n) is 5.11. The summed E-state index contributed by atoms with van der Waals surface area (Å²) < 4.78 is 50.4. The summed E-state index contributed by atoms with van der Waals surface area (Å²) in [6.45, 7) is 5.02. The average molecular weight is 455 g/mol. The van der Waals surface area contributed by atoms with Crippen LogP contribution in [0.1, 0.15) is 20.8 Å². The van der Waals surface area contributed by atoms with Crippen LogP contribution in [-0.2, 0) is 29.0 Å². The van der Waals surface area contributed by atoms with Gasteiger partial charge in [0.15, 0.2) is 5.79 Å². The zero-order valence-corrected chi connectivity index (χ0v) is 18.5. The highest BCUT2D eigenvalue weighted by Crippen LogP contribution is 2.39. The summed E-state index contributed by atoms with van der Waals surface area (Å²) in [4.78, 5) is 12.5. The maximum absolute atomic E-state index is 13.5. The summed E-state index contributed by atoms with van der Waals surface area (Å²) in [5.41, 5.74) is 1.54. The molecule has 2 aliphatic rings. The summed E-state index contributed by atoms with van der Waals surface area (Å²) in [6.07, 6.45) is -2.35. The number of hydrogen-bond acceptors (Lipinski definition) is 8. The lowest BCUT2D eigenvalue weighted by Gasteiger charge is -2.42. The predicted molar refractivity (Wildman–Crippen MR) is 108 cm³/mol. The lowest BCUT2D eigenvalue weighted by molar-refractivity contribution is -0.156. The van der Waals surface area contributed by atoms with Crippen LogP contribution in [0.3, 0.4) is 0 Å². The highest BCUT2D eigenvalue weighted by atomic mass is 32.2. The lowest BCUT2D eigenvalue weighted by Crippen LogP contribution is -2.66. The molecule has 2 fully saturated rings. The van der Waals surface area contributed by atoms with Gasteiger partial charge in [0.25, 0.3) is 5.91 Å². The molecular formula is C20H26N2O8S. The van der Waals surface area contributed by atoms with Crippen molar-refractivity contribution >= 4 is 15.9 Å². The average Bonchev–Trinajstić information content (AvgIpc) is 3.07. The van der Waals surface area contributed by atoms with E-state index >= 15 is 0 Å². The monoisotopic (exact) mass is 454 g/mol. The molecule has 0 saturated carbocycles. The van der Waals surface area contributed by atoms with E-state index in [0.29, 0.717) is 5.75 Å². The molecule has 0 radical (unpaired) electrons. The first-order chi connectivity index (χ1) is 14.6. The predicted octanol–water partition coefficient (Wildman–Crippen LogP) is 0.502. The SMILES string of the molecule is CC#CCOc1ccc(S(=O)(=O)N2C[C@H](OC)[C@@H]3OC(C)(C)O[C@H]3[C@@H]2C(=O)NO)cc1. The lowest BCUT2D eigenvalue weighted by atomic mass is 9.95. The van der Waals surface area contributed by atoms with Crippen LogP contribution in [0, 0.1) is 11.8 Å². The number of nitrogens with zero attached hydrogens (tertiary/aromatic N) is 1. The molecule has 11 heteroatoms. The van der Waals surface area contributed by atoms with Crippen LogP contribution in [0.2, 0.25) is 0 Å². The number of hydrogen-bond donors (Lipinski definition) is 2. The van der Waals surface area contributed by atoms with Crippen molar-refractivity contribution in [2.75, 3.05) is 20.3 Å². The molecule has 170 valence electrons. The maximum Gasteiger partial charge on any atom is 0.264 e. The number of benzene rings is 1. The van der Waals surface area contributed by atoms with Gasteiger partial charge in [0.05, 0.1) is 11.0 Å². The van der Waals surface area contributed by atoms with Crippen molar-refractivity contribution in [1.29, 1.82) is 0 Å². The summed E-state index contributed by atoms with van der Waals surface area (Å²) in [5, 5.41) is 9.28. The van der Waals surface area contributed by atoms with Crippen molar-refractivity contribution in [2.24, 2.45) is 0 Å². The molecule has 1 aromatic rings. The van der Waals surface area contributed by atoms with Gasteiger partial charge in [-0.2, -0.15) is 4.31 Å². The zero-order valence-electron chi connectivity index (χ0n) is 17.7. The van der Waals surface area contributed by atoms with E-state index in [9.17, 15) is 18.4 Å². The van der Waals surface area contributed by atoms with Crippen LogP contribution in [0.15, 0.2) is 29.2 Å². The number of fused-ring (bicyclic) bond motifs is 1. The molecule has 2 aliphatic heterocycles. The third kappa shape index (κ3) is 4.69. The Morgan fingerprint density at radius 3 is 2.52 bits per heavy atom. The Morgan fingerprint density at radius 2 is 1.94 bits per heavy atom. The molecule has 0 unspecified atom stereocenters. The van der Waals surface area contributed by atoms with Gasteiger partial charge in [-0.1, -0.05) is 5.92 Å². The van der Waals surface area contributed by atoms with Gasteiger partial charge in [-0.3, -0.25) is 10.0 Å². The van der Waals surface area contributed by atoms with Gasteiger partial charge in [0, 0.05) is 13.7 Å². The van der Waals surface area contributed by atoms with Gasteiger partial charge in [-0.05, 0) is 45.0 Å². The van der Waals surface area contributed by atoms with Crippen molar-refractivity contribution in [2.45, 2.75) is 55.8 Å². The van der Waals surface area contributed by atoms with Crippen LogP contribution in [0.25, 0.3) is 0 Å². The minimum Gasteiger partial charge on any atom is -0.481 e. The van der Waals surface area contributed by atoms with E-state index in [4.69, 9.17) is 18.9 Å². The van der Waals surface area contributed by atoms with Crippen LogP contribution >= 0.6 is 0 Å². The van der Waals surface area contributed by atoms with Crippen molar-refractivity contribution in [3.05, 3.63) is 24.3 Å². The Balaban J connectivity index is 1.95. The van der Waals surface area contributed by atoms with Crippen LogP contribution < -0.4 is 10.2 Å². The minimum absolute atomic E-state index is 0.0522. The highest BCUT2D eigenvalue weighted by molar-refractivity contribution is 7.89. The van der Waals surface area contributed by atoms with Crippen molar-refractivity contribution in [3.8, 4) is 17.6 Å². The smallest absolute Gasteiger partial charge is 0.264 e. The van der Waals surface area contributed by atoms with Gasteiger partial charge in [-0.25, -0.2) is 13.9 Å². The Morgan fingerprint density at radius 1 is 1.29 bits per heavy atom. The molecule has 2 saturated heterocycles. The first kappa shape index (κ1) is 23.5. The van der Waals surface area contributed by atoms with E-state index in [-0.39, 0.29) is 18.0 Å². The number of carbonyl (C=O) groups is 1. The minimum atomic E-state index is -4.16. The molecule has 31 heavy (non-hydrogen) atoms. The quantitative estimate of drug-likeness (QED) is 0.362. The Hall–Kier alpha value is -2.20. The van der Waals surface area contributed by atoms with Gasteiger partial charge in [0.1, 0.15) is 30.6 Å². The molecule has 0 aromatic heterocycles. The van der Waals surface area contributed by atoms with Gasteiger partial charge < -0.3 is 18.9 Å². The number of hydroxylamine groups is 1. The second-order valence-corrected chi connectivity index (χ2v) is 9.41. The molecule has 10 nitrogen and oxygen atoms in total. The molecular weight excluding hydrogens is 428 g/mol. The third-order valence-corrected chi connectivity index (χ3v) is 6.97. The molecule has 0 bridgehead atoms. The zero-order chi connectivity index (χ0) is 22.8. The van der Waals surface area contributed by atoms with E-state index in [1.54, 1.807) is 26.3 Å². The van der Waals surface area contributed by atoms with E-state index in [1.807, 2.05) is 0 Å². The maximum atomic E-state index is 13.5. The largest absolute Gasteiger partial charge is 0.481 e. The fourth-order valence-electron chi connectivity index (χ4n) is 3.74. The first-order valence-electron chi connectivity index (χ1n) is 9.61. The molecule has 1 amide bonds. The number of methoxy groups -OCH3 is 1. The first-order valence-corrected chi connectivity index (χ1v) is 11.1. The standard InChI is InChI=1S/C20H26N2O8S/c1-5-6-11-28-13-7-9-14(10-8-13)31(25,26)22-12-15(27-4)17-18(16(22)19(23)21-24)30-20(2,3)29-17/h7-10,15-18,24H,11-12H2,1-4H3,(H,21,23)/t15-,16+,17-,18-/m0/s1. The van der Waals surface area contributed by atoms with E-state index in [0.717, 1.165) is 4.31 Å². The number of nitrogens with one attached hydrogen (secondary N) is 1. The molecule has 4 atom stereocenters. The molecule has 2 N–H and O–H groups in total. The van der Waals surface area contributed by atoms with Gasteiger partial charge in [-0.15, -0.1) is 5.92 Å². The van der Waals surface area contributed by atoms with Crippen molar-refractivity contribution < 1.29 is 37.4 Å². The van der Waals surface area contributed by atoms with Crippen LogP contribution in [0.5, 0.6) is 5.75 Å². The van der Waals surface area contributed by atoms with Crippen LogP contribution in [-0.4, -0.2) is 74.2 Å². The number of carbonyl (C=O) groups excluding carboxylic acids is 1. The summed E-state index contributed by atoms with van der Waals surface area (Å²) in [7, 11) is -2.74. The second-order valence-electron chi connectivity index (χ2n) is 7.52. The number of ether oxygens (including phenoxy) is 4. The summed E-state index contributed by atoms with van der Waals surface area (Å²) >= 11 is 0. The molecule has 1 aromatic carbocycles. The highest BCUT2D eigenvalue weighted by Gasteiger charge is 2.58. The number of piperidine rings is 1. The summed E-state index contributed by atoms with van der Waals surface area (Å²) in [6, 6.07) is 4.40. The normalized spacial score (nSPS) is 27.6. The van der Waals surface area contributed by atoms with Gasteiger partial charge in [0.2, 0.25) is 10.0 Å². The van der Waals surface area contributed by atoms with Crippen molar-refractivity contribution in [3.63, 3.8) is 0 Å². The molecule has 2 heterocycles. The fraction of sp³-hybridized carbons (Fsp3) is 0.550. The number of amides is 1. The Labute approximate surface area is 181 Å². The topological polar surface area (TPSA) is 124 Å². The second kappa shape index (κ2) is 9.12. The van der Waals surface area contributed by atoms with E-state index in [1.165, 1.54) is 31.4 Å². The van der Waals surface area contributed by atoms with E-state index < -0.39 is 46.1 Å². The Kier molecular flexibility index (Phi) is 6.90. The van der Waals surface area contributed by atoms with Gasteiger partial charge >= 0.3 is 0 Å². The number of rotatable bonds is 6. The molecule has 0 spiro atoms. The van der Waals surface area contributed by atoms with E-state index in [2.05, 4.69) is 11.8 Å². The molecule has 0 aliphatic carbocycles. The molecule has 3 rings (SSSR count). The fourth-order valence-corrected chi connectivity index (χ4v) is 5.35. The summed E-state index contributed by atoms with van der Waals surface area (Å²) in [5.74, 6) is 3.93.